The molecule has 0 bridgehead atoms. The second-order valence-electron chi connectivity index (χ2n) is 6.29. The lowest BCUT2D eigenvalue weighted by Crippen LogP contribution is -2.40. The molecule has 0 aromatic heterocycles. The van der Waals surface area contributed by atoms with E-state index in [1.165, 1.54) is 7.05 Å². The number of ether oxygens (including phenoxy) is 1. The number of carbonyl (C=O) groups excluding carboxylic acids is 2. The van der Waals surface area contributed by atoms with Crippen LogP contribution in [-0.2, 0) is 4.79 Å². The monoisotopic (exact) mass is 372 g/mol. The lowest BCUT2D eigenvalue weighted by atomic mass is 10.00. The Labute approximate surface area is 157 Å². The van der Waals surface area contributed by atoms with Crippen LogP contribution in [0.2, 0.25) is 5.02 Å². The van der Waals surface area contributed by atoms with Gasteiger partial charge in [0.25, 0.3) is 0 Å². The van der Waals surface area contributed by atoms with Crippen molar-refractivity contribution in [2.45, 2.75) is 25.9 Å². The standard InChI is InChI=1S/C20H21ClN2O3/c1-20(2,17(24)12-18(22)23-3)26-16-10-6-14(7-11-16)19(25)13-4-8-15(21)9-5-13/h4-11H,12H2,1-3H3,(H2,22,23). The van der Waals surface area contributed by atoms with Gasteiger partial charge >= 0.3 is 0 Å². The number of nitrogens with two attached hydrogens (primary N) is 1. The Balaban J connectivity index is 2.10. The highest BCUT2D eigenvalue weighted by Gasteiger charge is 2.30. The van der Waals surface area contributed by atoms with Crippen LogP contribution in [0.4, 0.5) is 0 Å². The number of hydrogen-bond donors (Lipinski definition) is 1. The minimum absolute atomic E-state index is 0.0244. The Morgan fingerprint density at radius 1 is 1.04 bits per heavy atom. The first-order valence-corrected chi connectivity index (χ1v) is 8.44. The van der Waals surface area contributed by atoms with Crippen LogP contribution >= 0.6 is 11.6 Å². The summed E-state index contributed by atoms with van der Waals surface area (Å²) in [6.07, 6.45) is 0.0244. The van der Waals surface area contributed by atoms with Gasteiger partial charge in [0.1, 0.15) is 11.6 Å². The molecular weight excluding hydrogens is 352 g/mol. The number of nitrogens with zero attached hydrogens (tertiary/aromatic N) is 1. The second-order valence-corrected chi connectivity index (χ2v) is 6.72. The number of Topliss-reactive ketones (excluding diaryl/α,β-unsaturated/α-hetero) is 1. The SMILES string of the molecule is CN=C(N)CC(=O)C(C)(C)Oc1ccc(C(=O)c2ccc(Cl)cc2)cc1. The third kappa shape index (κ3) is 4.92. The van der Waals surface area contributed by atoms with Crippen LogP contribution in [0.15, 0.2) is 53.5 Å². The number of benzene rings is 2. The van der Waals surface area contributed by atoms with Crippen molar-refractivity contribution >= 4 is 29.0 Å². The van der Waals surface area contributed by atoms with Gasteiger partial charge in [-0.15, -0.1) is 0 Å². The average Bonchev–Trinajstić information content (AvgIpc) is 2.62. The third-order valence-electron chi connectivity index (χ3n) is 3.90. The number of amidine groups is 1. The van der Waals surface area contributed by atoms with Gasteiger partial charge in [0.05, 0.1) is 6.42 Å². The van der Waals surface area contributed by atoms with Crippen molar-refractivity contribution in [1.29, 1.82) is 0 Å². The molecule has 0 saturated carbocycles. The maximum atomic E-state index is 12.5. The molecule has 0 unspecified atom stereocenters. The summed E-state index contributed by atoms with van der Waals surface area (Å²) in [6, 6.07) is 13.3. The van der Waals surface area contributed by atoms with Crippen molar-refractivity contribution in [2.75, 3.05) is 7.05 Å². The van der Waals surface area contributed by atoms with Gasteiger partial charge in [0, 0.05) is 23.2 Å². The Kier molecular flexibility index (Phi) is 6.16. The van der Waals surface area contributed by atoms with Crippen LogP contribution in [0, 0.1) is 0 Å². The zero-order valence-electron chi connectivity index (χ0n) is 15.0. The fraction of sp³-hybridized carbons (Fsp3) is 0.250. The predicted molar refractivity (Wildman–Crippen MR) is 103 cm³/mol. The quantitative estimate of drug-likeness (QED) is 0.456. The van der Waals surface area contributed by atoms with Gasteiger partial charge in [0.15, 0.2) is 17.2 Å². The highest BCUT2D eigenvalue weighted by atomic mass is 35.5. The molecule has 0 amide bonds. The number of rotatable bonds is 7. The molecule has 2 rings (SSSR count). The van der Waals surface area contributed by atoms with Crippen LogP contribution in [0.25, 0.3) is 0 Å². The smallest absolute Gasteiger partial charge is 0.193 e. The first-order chi connectivity index (χ1) is 12.2. The van der Waals surface area contributed by atoms with Gasteiger partial charge in [-0.25, -0.2) is 0 Å². The van der Waals surface area contributed by atoms with E-state index < -0.39 is 5.60 Å². The van der Waals surface area contributed by atoms with E-state index >= 15 is 0 Å². The molecular formula is C20H21ClN2O3. The first-order valence-electron chi connectivity index (χ1n) is 8.06. The first kappa shape index (κ1) is 19.7. The fourth-order valence-corrected chi connectivity index (χ4v) is 2.38. The van der Waals surface area contributed by atoms with E-state index in [0.29, 0.717) is 21.9 Å². The summed E-state index contributed by atoms with van der Waals surface area (Å²) in [5.74, 6) is 0.455. The summed E-state index contributed by atoms with van der Waals surface area (Å²) >= 11 is 5.84. The molecule has 0 spiro atoms. The lowest BCUT2D eigenvalue weighted by Gasteiger charge is -2.25. The number of aliphatic imine (C=N–C) groups is 1. The van der Waals surface area contributed by atoms with Gasteiger partial charge < -0.3 is 10.5 Å². The summed E-state index contributed by atoms with van der Waals surface area (Å²) in [4.78, 5) is 28.5. The third-order valence-corrected chi connectivity index (χ3v) is 4.15. The highest BCUT2D eigenvalue weighted by Crippen LogP contribution is 2.22. The average molecular weight is 373 g/mol. The van der Waals surface area contributed by atoms with Gasteiger partial charge in [-0.1, -0.05) is 11.6 Å². The molecule has 0 aliphatic heterocycles. The summed E-state index contributed by atoms with van der Waals surface area (Å²) in [6.45, 7) is 3.34. The normalized spacial score (nSPS) is 11.9. The van der Waals surface area contributed by atoms with Crippen molar-refractivity contribution in [3.05, 3.63) is 64.7 Å². The van der Waals surface area contributed by atoms with Crippen molar-refractivity contribution < 1.29 is 14.3 Å². The molecule has 0 heterocycles. The molecule has 6 heteroatoms. The van der Waals surface area contributed by atoms with E-state index in [-0.39, 0.29) is 23.8 Å². The Morgan fingerprint density at radius 3 is 2.04 bits per heavy atom. The largest absolute Gasteiger partial charge is 0.480 e. The molecule has 0 aliphatic rings. The van der Waals surface area contributed by atoms with Gasteiger partial charge in [0.2, 0.25) is 0 Å². The Morgan fingerprint density at radius 2 is 1.54 bits per heavy atom. The van der Waals surface area contributed by atoms with E-state index in [4.69, 9.17) is 22.1 Å². The van der Waals surface area contributed by atoms with Crippen LogP contribution in [0.3, 0.4) is 0 Å². The van der Waals surface area contributed by atoms with Crippen LogP contribution in [-0.4, -0.2) is 30.1 Å². The predicted octanol–water partition coefficient (Wildman–Crippen LogP) is 3.67. The number of halogens is 1. The molecule has 0 saturated heterocycles. The van der Waals surface area contributed by atoms with Crippen molar-refractivity contribution in [2.24, 2.45) is 10.7 Å². The van der Waals surface area contributed by atoms with Crippen molar-refractivity contribution in [3.63, 3.8) is 0 Å². The Bertz CT molecular complexity index is 825. The van der Waals surface area contributed by atoms with E-state index in [2.05, 4.69) is 4.99 Å². The zero-order valence-corrected chi connectivity index (χ0v) is 15.7. The highest BCUT2D eigenvalue weighted by molar-refractivity contribution is 6.30. The number of hydrogen-bond acceptors (Lipinski definition) is 4. The summed E-state index contributed by atoms with van der Waals surface area (Å²) in [5.41, 5.74) is 5.62. The summed E-state index contributed by atoms with van der Waals surface area (Å²) in [7, 11) is 1.53. The number of ketones is 2. The molecule has 0 radical (unpaired) electrons. The maximum Gasteiger partial charge on any atom is 0.193 e. The zero-order chi connectivity index (χ0) is 19.3. The van der Waals surface area contributed by atoms with E-state index in [9.17, 15) is 9.59 Å². The lowest BCUT2D eigenvalue weighted by molar-refractivity contribution is -0.130. The van der Waals surface area contributed by atoms with E-state index in [1.54, 1.807) is 62.4 Å². The van der Waals surface area contributed by atoms with Gasteiger partial charge in [-0.05, 0) is 62.4 Å². The molecule has 0 aliphatic carbocycles. The summed E-state index contributed by atoms with van der Waals surface area (Å²) in [5, 5.41) is 0.575. The molecule has 136 valence electrons. The van der Waals surface area contributed by atoms with E-state index in [1.807, 2.05) is 0 Å². The Hall–Kier alpha value is -2.66. The van der Waals surface area contributed by atoms with Gasteiger partial charge in [-0.3, -0.25) is 14.6 Å². The molecule has 0 atom stereocenters. The molecule has 2 aromatic rings. The number of carbonyl (C=O) groups is 2. The van der Waals surface area contributed by atoms with E-state index in [0.717, 1.165) is 0 Å². The fourth-order valence-electron chi connectivity index (χ4n) is 2.25. The van der Waals surface area contributed by atoms with Gasteiger partial charge in [-0.2, -0.15) is 0 Å². The molecule has 0 fully saturated rings. The van der Waals surface area contributed by atoms with Crippen LogP contribution < -0.4 is 10.5 Å². The molecule has 2 aromatic carbocycles. The minimum atomic E-state index is -1.06. The summed E-state index contributed by atoms with van der Waals surface area (Å²) < 4.78 is 5.78. The van der Waals surface area contributed by atoms with Crippen molar-refractivity contribution in [3.8, 4) is 5.75 Å². The minimum Gasteiger partial charge on any atom is -0.480 e. The second kappa shape index (κ2) is 8.15. The maximum absolute atomic E-state index is 12.5. The van der Waals surface area contributed by atoms with Crippen LogP contribution in [0.1, 0.15) is 36.2 Å². The molecule has 26 heavy (non-hydrogen) atoms. The topological polar surface area (TPSA) is 81.8 Å². The molecule has 5 nitrogen and oxygen atoms in total. The van der Waals surface area contributed by atoms with Crippen molar-refractivity contribution in [1.82, 2.24) is 0 Å². The molecule has 2 N–H and O–H groups in total. The van der Waals surface area contributed by atoms with Crippen LogP contribution in [0.5, 0.6) is 5.75 Å².